The van der Waals surface area contributed by atoms with E-state index in [2.05, 4.69) is 5.32 Å². The van der Waals surface area contributed by atoms with Crippen molar-refractivity contribution in [2.24, 2.45) is 11.7 Å². The number of hydrogen-bond donors (Lipinski definition) is 4. The molecule has 0 saturated carbocycles. The van der Waals surface area contributed by atoms with Gasteiger partial charge in [0.05, 0.1) is 12.7 Å². The summed E-state index contributed by atoms with van der Waals surface area (Å²) in [6.07, 6.45) is 1.76. The number of aliphatic hydroxyl groups is 2. The summed E-state index contributed by atoms with van der Waals surface area (Å²) < 4.78 is 0. The first-order valence-corrected chi connectivity index (χ1v) is 5.79. The zero-order chi connectivity index (χ0) is 12.6. The predicted octanol–water partition coefficient (Wildman–Crippen LogP) is -0.391. The molecule has 0 radical (unpaired) electrons. The predicted molar refractivity (Wildman–Crippen MR) is 62.8 cm³/mol. The van der Waals surface area contributed by atoms with E-state index in [0.717, 1.165) is 19.3 Å². The Hall–Kier alpha value is -0.650. The Labute approximate surface area is 97.0 Å². The summed E-state index contributed by atoms with van der Waals surface area (Å²) >= 11 is 0. The van der Waals surface area contributed by atoms with E-state index >= 15 is 0 Å². The summed E-state index contributed by atoms with van der Waals surface area (Å²) in [6.45, 7) is 3.57. The molecule has 0 aliphatic carbocycles. The van der Waals surface area contributed by atoms with Gasteiger partial charge < -0.3 is 21.3 Å². The van der Waals surface area contributed by atoms with Crippen LogP contribution in [-0.2, 0) is 4.79 Å². The molecule has 3 unspecified atom stereocenters. The van der Waals surface area contributed by atoms with Crippen LogP contribution < -0.4 is 11.1 Å². The van der Waals surface area contributed by atoms with Gasteiger partial charge in [0.15, 0.2) is 0 Å². The van der Waals surface area contributed by atoms with Crippen molar-refractivity contribution in [2.75, 3.05) is 13.2 Å². The summed E-state index contributed by atoms with van der Waals surface area (Å²) in [6, 6.07) is 0.173. The van der Waals surface area contributed by atoms with Crippen LogP contribution in [0.15, 0.2) is 0 Å². The van der Waals surface area contributed by atoms with Crippen LogP contribution in [0.3, 0.4) is 0 Å². The van der Waals surface area contributed by atoms with Gasteiger partial charge >= 0.3 is 0 Å². The molecule has 0 aliphatic heterocycles. The van der Waals surface area contributed by atoms with E-state index in [1.54, 1.807) is 0 Å². The minimum absolute atomic E-state index is 0.0790. The highest BCUT2D eigenvalue weighted by Gasteiger charge is 2.13. The Bertz CT molecular complexity index is 198. The molecule has 0 aromatic rings. The van der Waals surface area contributed by atoms with E-state index in [0.29, 0.717) is 0 Å². The highest BCUT2D eigenvalue weighted by molar-refractivity contribution is 5.78. The Morgan fingerprint density at radius 3 is 2.50 bits per heavy atom. The molecule has 96 valence electrons. The number of aliphatic hydroxyl groups excluding tert-OH is 2. The summed E-state index contributed by atoms with van der Waals surface area (Å²) in [7, 11) is 0. The molecule has 5 nitrogen and oxygen atoms in total. The van der Waals surface area contributed by atoms with Crippen molar-refractivity contribution in [1.82, 2.24) is 5.32 Å². The smallest absolute Gasteiger partial charge is 0.222 e. The number of hydrogen-bond acceptors (Lipinski definition) is 4. The van der Waals surface area contributed by atoms with Gasteiger partial charge in [-0.2, -0.15) is 0 Å². The van der Waals surface area contributed by atoms with Crippen molar-refractivity contribution in [3.8, 4) is 0 Å². The van der Waals surface area contributed by atoms with E-state index in [4.69, 9.17) is 15.9 Å². The molecule has 0 bridgehead atoms. The number of carbonyl (C=O) groups excluding carboxylic acids is 1. The van der Waals surface area contributed by atoms with Gasteiger partial charge in [-0.05, 0) is 19.8 Å². The summed E-state index contributed by atoms with van der Waals surface area (Å²) in [5, 5.41) is 20.2. The molecular weight excluding hydrogens is 208 g/mol. The van der Waals surface area contributed by atoms with Gasteiger partial charge in [0.25, 0.3) is 0 Å². The minimum Gasteiger partial charge on any atom is -0.394 e. The quantitative estimate of drug-likeness (QED) is 0.458. The van der Waals surface area contributed by atoms with Crippen LogP contribution in [0, 0.1) is 5.92 Å². The first-order chi connectivity index (χ1) is 7.47. The van der Waals surface area contributed by atoms with E-state index in [9.17, 15) is 4.79 Å². The lowest BCUT2D eigenvalue weighted by Gasteiger charge is -2.14. The second-order valence-electron chi connectivity index (χ2n) is 4.39. The highest BCUT2D eigenvalue weighted by Crippen LogP contribution is 2.08. The Balaban J connectivity index is 3.65. The molecule has 0 spiro atoms. The first kappa shape index (κ1) is 15.3. The third kappa shape index (κ3) is 7.62. The molecular formula is C11H24N2O3. The summed E-state index contributed by atoms with van der Waals surface area (Å²) in [5.41, 5.74) is 5.61. The second-order valence-corrected chi connectivity index (χ2v) is 4.39. The third-order valence-corrected chi connectivity index (χ3v) is 2.47. The molecule has 0 aromatic carbocycles. The average molecular weight is 232 g/mol. The largest absolute Gasteiger partial charge is 0.394 e. The monoisotopic (exact) mass is 232 g/mol. The molecule has 3 atom stereocenters. The van der Waals surface area contributed by atoms with E-state index in [1.807, 2.05) is 13.8 Å². The van der Waals surface area contributed by atoms with E-state index in [-0.39, 0.29) is 31.0 Å². The number of nitrogens with two attached hydrogens (primary N) is 1. The van der Waals surface area contributed by atoms with Gasteiger partial charge in [-0.25, -0.2) is 0 Å². The maximum absolute atomic E-state index is 11.5. The maximum atomic E-state index is 11.5. The number of nitrogens with one attached hydrogen (secondary N) is 1. The van der Waals surface area contributed by atoms with Gasteiger partial charge in [0.1, 0.15) is 0 Å². The van der Waals surface area contributed by atoms with Crippen molar-refractivity contribution in [3.63, 3.8) is 0 Å². The number of rotatable bonds is 8. The fraction of sp³-hybridized carbons (Fsp3) is 0.909. The SMILES string of the molecule is CC(N)CCCC(C)C(=O)NCC(O)CO. The molecule has 5 heteroatoms. The standard InChI is InChI=1S/C11H24N2O3/c1-8(4-3-5-9(2)12)11(16)13-6-10(15)7-14/h8-10,14-15H,3-7,12H2,1-2H3,(H,13,16). The molecule has 5 N–H and O–H groups in total. The van der Waals surface area contributed by atoms with Crippen LogP contribution in [0.2, 0.25) is 0 Å². The van der Waals surface area contributed by atoms with Crippen molar-refractivity contribution in [1.29, 1.82) is 0 Å². The van der Waals surface area contributed by atoms with Crippen LogP contribution in [0.5, 0.6) is 0 Å². The van der Waals surface area contributed by atoms with Gasteiger partial charge in [-0.3, -0.25) is 4.79 Å². The van der Waals surface area contributed by atoms with Gasteiger partial charge in [0.2, 0.25) is 5.91 Å². The van der Waals surface area contributed by atoms with Gasteiger partial charge in [-0.1, -0.05) is 13.3 Å². The fourth-order valence-corrected chi connectivity index (χ4v) is 1.33. The van der Waals surface area contributed by atoms with Crippen LogP contribution in [-0.4, -0.2) is 41.4 Å². The highest BCUT2D eigenvalue weighted by atomic mass is 16.3. The molecule has 0 saturated heterocycles. The molecule has 16 heavy (non-hydrogen) atoms. The molecule has 0 heterocycles. The zero-order valence-corrected chi connectivity index (χ0v) is 10.1. The summed E-state index contributed by atoms with van der Waals surface area (Å²) in [4.78, 5) is 11.5. The molecule has 0 aliphatic rings. The number of amides is 1. The van der Waals surface area contributed by atoms with Gasteiger partial charge in [-0.15, -0.1) is 0 Å². The third-order valence-electron chi connectivity index (χ3n) is 2.47. The van der Waals surface area contributed by atoms with Crippen molar-refractivity contribution < 1.29 is 15.0 Å². The topological polar surface area (TPSA) is 95.6 Å². The lowest BCUT2D eigenvalue weighted by molar-refractivity contribution is -0.125. The normalized spacial score (nSPS) is 16.6. The molecule has 1 amide bonds. The van der Waals surface area contributed by atoms with Crippen LogP contribution in [0.4, 0.5) is 0 Å². The lowest BCUT2D eigenvalue weighted by Crippen LogP contribution is -2.36. The summed E-state index contributed by atoms with van der Waals surface area (Å²) in [5.74, 6) is -0.165. The fourth-order valence-electron chi connectivity index (χ4n) is 1.33. The zero-order valence-electron chi connectivity index (χ0n) is 10.1. The maximum Gasteiger partial charge on any atom is 0.222 e. The van der Waals surface area contributed by atoms with E-state index in [1.165, 1.54) is 0 Å². The second kappa shape index (κ2) is 8.50. The Morgan fingerprint density at radius 2 is 2.00 bits per heavy atom. The van der Waals surface area contributed by atoms with Crippen molar-refractivity contribution >= 4 is 5.91 Å². The molecule has 0 rings (SSSR count). The van der Waals surface area contributed by atoms with E-state index < -0.39 is 6.10 Å². The minimum atomic E-state index is -0.875. The van der Waals surface area contributed by atoms with Crippen LogP contribution >= 0.6 is 0 Å². The molecule has 0 fully saturated rings. The van der Waals surface area contributed by atoms with Crippen molar-refractivity contribution in [2.45, 2.75) is 45.3 Å². The lowest BCUT2D eigenvalue weighted by atomic mass is 10.0. The first-order valence-electron chi connectivity index (χ1n) is 5.79. The average Bonchev–Trinajstić information content (AvgIpc) is 2.24. The van der Waals surface area contributed by atoms with Gasteiger partial charge in [0, 0.05) is 18.5 Å². The molecule has 0 aromatic heterocycles. The Morgan fingerprint density at radius 1 is 1.38 bits per heavy atom. The number of carbonyl (C=O) groups is 1. The van der Waals surface area contributed by atoms with Crippen molar-refractivity contribution in [3.05, 3.63) is 0 Å². The van der Waals surface area contributed by atoms with Crippen LogP contribution in [0.1, 0.15) is 33.1 Å². The Kier molecular flexibility index (Phi) is 8.15. The van der Waals surface area contributed by atoms with Crippen LogP contribution in [0.25, 0.3) is 0 Å².